The van der Waals surface area contributed by atoms with Crippen LogP contribution in [0.3, 0.4) is 0 Å². The Hall–Kier alpha value is -5.30. The van der Waals surface area contributed by atoms with Gasteiger partial charge in [0.2, 0.25) is 11.7 Å². The minimum atomic E-state index is -0.571. The smallest absolute Gasteiger partial charge is 0.272 e. The molecule has 3 amide bonds. The summed E-state index contributed by atoms with van der Waals surface area (Å²) in [6.07, 6.45) is 2.06. The van der Waals surface area contributed by atoms with E-state index in [1.165, 1.54) is 50.5 Å². The monoisotopic (exact) mass is 742 g/mol. The van der Waals surface area contributed by atoms with Crippen molar-refractivity contribution in [2.75, 3.05) is 32.0 Å². The lowest BCUT2D eigenvalue weighted by Gasteiger charge is -2.16. The molecule has 10 nitrogen and oxygen atoms in total. The Morgan fingerprint density at radius 3 is 2.25 bits per heavy atom. The second kappa shape index (κ2) is 17.6. The molecule has 0 bridgehead atoms. The SMILES string of the molecule is CCC(Sc1cccc(NC(=O)/C(=C\c2cc(OC)c(OC)c(OC)c2)NC(=O)c2ccccc2)c1)C(=O)Nc1nc(-c2ccccc2Cl)cs1. The summed E-state index contributed by atoms with van der Waals surface area (Å²) in [5, 5.41) is 11.0. The van der Waals surface area contributed by atoms with Crippen molar-refractivity contribution in [2.24, 2.45) is 0 Å². The number of thiazole rings is 1. The second-order valence-electron chi connectivity index (χ2n) is 10.8. The fraction of sp³-hybridized carbons (Fsp3) is 0.158. The van der Waals surface area contributed by atoms with E-state index >= 15 is 0 Å². The number of benzene rings is 4. The van der Waals surface area contributed by atoms with Crippen molar-refractivity contribution in [3.05, 3.63) is 118 Å². The number of halogens is 1. The zero-order valence-electron chi connectivity index (χ0n) is 28.2. The van der Waals surface area contributed by atoms with E-state index in [1.807, 2.05) is 36.6 Å². The van der Waals surface area contributed by atoms with Crippen LogP contribution >= 0.6 is 34.7 Å². The molecule has 4 aromatic carbocycles. The number of carbonyl (C=O) groups excluding carboxylic acids is 3. The van der Waals surface area contributed by atoms with Gasteiger partial charge in [-0.25, -0.2) is 4.98 Å². The predicted molar refractivity (Wildman–Crippen MR) is 204 cm³/mol. The predicted octanol–water partition coefficient (Wildman–Crippen LogP) is 8.41. The molecular weight excluding hydrogens is 708 g/mol. The molecule has 13 heteroatoms. The van der Waals surface area contributed by atoms with Gasteiger partial charge in [0, 0.05) is 32.1 Å². The van der Waals surface area contributed by atoms with Gasteiger partial charge in [0.25, 0.3) is 11.8 Å². The van der Waals surface area contributed by atoms with Crippen LogP contribution in [0.1, 0.15) is 29.3 Å². The molecule has 0 spiro atoms. The molecule has 262 valence electrons. The first-order valence-corrected chi connectivity index (χ1v) is 17.8. The molecule has 3 N–H and O–H groups in total. The third-order valence-electron chi connectivity index (χ3n) is 7.44. The van der Waals surface area contributed by atoms with E-state index in [4.69, 9.17) is 25.8 Å². The van der Waals surface area contributed by atoms with Gasteiger partial charge in [-0.05, 0) is 66.6 Å². The van der Waals surface area contributed by atoms with Crippen molar-refractivity contribution in [3.8, 4) is 28.5 Å². The fourth-order valence-corrected chi connectivity index (χ4v) is 6.89. The molecule has 0 aliphatic carbocycles. The van der Waals surface area contributed by atoms with Gasteiger partial charge in [-0.2, -0.15) is 0 Å². The molecule has 1 heterocycles. The van der Waals surface area contributed by atoms with Gasteiger partial charge in [0.05, 0.1) is 32.3 Å². The van der Waals surface area contributed by atoms with E-state index in [0.717, 1.165) is 10.5 Å². The minimum absolute atomic E-state index is 0.0263. The van der Waals surface area contributed by atoms with E-state index in [1.54, 1.807) is 66.7 Å². The summed E-state index contributed by atoms with van der Waals surface area (Å²) < 4.78 is 16.4. The number of amides is 3. The maximum absolute atomic E-state index is 13.8. The van der Waals surface area contributed by atoms with E-state index in [-0.39, 0.29) is 11.6 Å². The van der Waals surface area contributed by atoms with E-state index in [9.17, 15) is 14.4 Å². The van der Waals surface area contributed by atoms with Crippen molar-refractivity contribution in [3.63, 3.8) is 0 Å². The van der Waals surface area contributed by atoms with Gasteiger partial charge in [-0.1, -0.05) is 61.0 Å². The van der Waals surface area contributed by atoms with Gasteiger partial charge in [-0.15, -0.1) is 23.1 Å². The number of ether oxygens (including phenoxy) is 3. The number of nitrogens with one attached hydrogen (secondary N) is 3. The first-order chi connectivity index (χ1) is 24.7. The molecule has 0 aliphatic heterocycles. The highest BCUT2D eigenvalue weighted by molar-refractivity contribution is 8.00. The molecule has 5 aromatic rings. The normalized spacial score (nSPS) is 11.7. The molecule has 1 unspecified atom stereocenters. The number of hydrogen-bond acceptors (Lipinski definition) is 9. The van der Waals surface area contributed by atoms with Crippen LogP contribution in [0, 0.1) is 0 Å². The quantitative estimate of drug-likeness (QED) is 0.0765. The van der Waals surface area contributed by atoms with E-state index in [0.29, 0.717) is 56.3 Å². The van der Waals surface area contributed by atoms with Crippen LogP contribution < -0.4 is 30.2 Å². The second-order valence-corrected chi connectivity index (χ2v) is 13.4. The number of aromatic nitrogens is 1. The van der Waals surface area contributed by atoms with Crippen molar-refractivity contribution >= 4 is 69.3 Å². The molecule has 0 saturated heterocycles. The number of thioether (sulfide) groups is 1. The van der Waals surface area contributed by atoms with Crippen molar-refractivity contribution in [1.29, 1.82) is 0 Å². The fourth-order valence-electron chi connectivity index (χ4n) is 4.94. The van der Waals surface area contributed by atoms with Crippen LogP contribution in [-0.4, -0.2) is 49.3 Å². The Labute approximate surface area is 309 Å². The Balaban J connectivity index is 1.34. The van der Waals surface area contributed by atoms with Gasteiger partial charge >= 0.3 is 0 Å². The van der Waals surface area contributed by atoms with Gasteiger partial charge in [0.15, 0.2) is 16.6 Å². The van der Waals surface area contributed by atoms with Crippen LogP contribution in [0.4, 0.5) is 10.8 Å². The Morgan fingerprint density at radius 1 is 0.882 bits per heavy atom. The topological polar surface area (TPSA) is 128 Å². The zero-order chi connectivity index (χ0) is 36.3. The van der Waals surface area contributed by atoms with E-state index in [2.05, 4.69) is 20.9 Å². The van der Waals surface area contributed by atoms with Crippen molar-refractivity contribution in [2.45, 2.75) is 23.5 Å². The summed E-state index contributed by atoms with van der Waals surface area (Å²) in [6.45, 7) is 1.93. The first-order valence-electron chi connectivity index (χ1n) is 15.7. The summed E-state index contributed by atoms with van der Waals surface area (Å²) in [6, 6.07) is 26.4. The largest absolute Gasteiger partial charge is 0.493 e. The number of rotatable bonds is 14. The van der Waals surface area contributed by atoms with Gasteiger partial charge in [-0.3, -0.25) is 14.4 Å². The number of anilines is 2. The molecule has 1 atom stereocenters. The van der Waals surface area contributed by atoms with Crippen LogP contribution in [0.25, 0.3) is 17.3 Å². The lowest BCUT2D eigenvalue weighted by atomic mass is 10.1. The van der Waals surface area contributed by atoms with Crippen LogP contribution in [-0.2, 0) is 9.59 Å². The summed E-state index contributed by atoms with van der Waals surface area (Å²) in [4.78, 5) is 45.6. The number of carbonyl (C=O) groups is 3. The zero-order valence-corrected chi connectivity index (χ0v) is 30.6. The molecule has 0 aliphatic rings. The lowest BCUT2D eigenvalue weighted by molar-refractivity contribution is -0.116. The van der Waals surface area contributed by atoms with Crippen molar-refractivity contribution in [1.82, 2.24) is 10.3 Å². The molecule has 51 heavy (non-hydrogen) atoms. The van der Waals surface area contributed by atoms with Gasteiger partial charge < -0.3 is 30.2 Å². The maximum atomic E-state index is 13.8. The molecule has 0 fully saturated rings. The van der Waals surface area contributed by atoms with Crippen LogP contribution in [0.5, 0.6) is 17.2 Å². The summed E-state index contributed by atoms with van der Waals surface area (Å²) >= 11 is 9.01. The molecule has 5 rings (SSSR count). The average Bonchev–Trinajstić information content (AvgIpc) is 3.61. The number of methoxy groups -OCH3 is 3. The highest BCUT2D eigenvalue weighted by Gasteiger charge is 2.21. The van der Waals surface area contributed by atoms with Gasteiger partial charge in [0.1, 0.15) is 5.70 Å². The highest BCUT2D eigenvalue weighted by atomic mass is 35.5. The Morgan fingerprint density at radius 2 is 1.59 bits per heavy atom. The lowest BCUT2D eigenvalue weighted by Crippen LogP contribution is -2.30. The average molecular weight is 743 g/mol. The first kappa shape index (κ1) is 37.0. The van der Waals surface area contributed by atoms with Crippen LogP contribution in [0.15, 0.2) is 107 Å². The summed E-state index contributed by atoms with van der Waals surface area (Å²) in [5.74, 6) is -0.0860. The summed E-state index contributed by atoms with van der Waals surface area (Å²) in [5.41, 5.74) is 2.81. The van der Waals surface area contributed by atoms with Crippen LogP contribution in [0.2, 0.25) is 5.02 Å². The molecule has 1 aromatic heterocycles. The molecule has 0 radical (unpaired) electrons. The number of nitrogens with zero attached hydrogens (tertiary/aromatic N) is 1. The summed E-state index contributed by atoms with van der Waals surface area (Å²) in [7, 11) is 4.48. The molecular formula is C38H35ClN4O6S2. The Kier molecular flexibility index (Phi) is 12.7. The van der Waals surface area contributed by atoms with Crippen molar-refractivity contribution < 1.29 is 28.6 Å². The standard InChI is InChI=1S/C38H35ClN4O6S2/c1-5-33(37(46)43-38-42-30(22-50-38)27-16-9-10-17-28(27)39)51-26-15-11-14-25(21-26)40-36(45)29(41-35(44)24-12-7-6-8-13-24)18-23-19-31(47-2)34(49-4)32(20-23)48-3/h6-22,33H,5H2,1-4H3,(H,40,45)(H,41,44)(H,42,43,46)/b29-18+. The minimum Gasteiger partial charge on any atom is -0.493 e. The van der Waals surface area contributed by atoms with E-state index < -0.39 is 17.1 Å². The molecule has 0 saturated carbocycles. The maximum Gasteiger partial charge on any atom is 0.272 e. The third kappa shape index (κ3) is 9.48. The third-order valence-corrected chi connectivity index (χ3v) is 9.89. The number of hydrogen-bond donors (Lipinski definition) is 3. The Bertz CT molecular complexity index is 2030. The highest BCUT2D eigenvalue weighted by Crippen LogP contribution is 2.39.